The number of carbonyl (C=O) groups is 1. The van der Waals surface area contributed by atoms with Crippen molar-refractivity contribution in [2.24, 2.45) is 0 Å². The highest BCUT2D eigenvalue weighted by atomic mass is 16.2. The number of hydrogen-bond donors (Lipinski definition) is 1. The molecule has 2 aliphatic heterocycles. The summed E-state index contributed by atoms with van der Waals surface area (Å²) >= 11 is 0. The molecule has 1 saturated heterocycles. The molecule has 1 aromatic rings. The first-order chi connectivity index (χ1) is 8.84. The zero-order chi connectivity index (χ0) is 12.4. The summed E-state index contributed by atoms with van der Waals surface area (Å²) in [5.74, 6) is 0.296. The van der Waals surface area contributed by atoms with Crippen LogP contribution in [-0.2, 0) is 17.8 Å². The molecule has 0 aliphatic carbocycles. The first-order valence-electron chi connectivity index (χ1n) is 6.93. The van der Waals surface area contributed by atoms with Crippen molar-refractivity contribution >= 4 is 5.91 Å². The maximum absolute atomic E-state index is 12.4. The van der Waals surface area contributed by atoms with Crippen molar-refractivity contribution in [1.29, 1.82) is 0 Å². The van der Waals surface area contributed by atoms with E-state index in [2.05, 4.69) is 29.6 Å². The summed E-state index contributed by atoms with van der Waals surface area (Å²) in [5.41, 5.74) is 2.71. The lowest BCUT2D eigenvalue weighted by molar-refractivity contribution is -0.135. The Kier molecular flexibility index (Phi) is 3.33. The zero-order valence-corrected chi connectivity index (χ0v) is 10.7. The second-order valence-corrected chi connectivity index (χ2v) is 5.28. The second-order valence-electron chi connectivity index (χ2n) is 5.28. The highest BCUT2D eigenvalue weighted by Crippen LogP contribution is 2.20. The minimum Gasteiger partial charge on any atom is -0.337 e. The van der Waals surface area contributed by atoms with Gasteiger partial charge in [0.1, 0.15) is 0 Å². The van der Waals surface area contributed by atoms with Crippen LogP contribution < -0.4 is 5.32 Å². The summed E-state index contributed by atoms with van der Waals surface area (Å²) in [6.07, 6.45) is 4.37. The maximum Gasteiger partial charge on any atom is 0.240 e. The number of benzene rings is 1. The van der Waals surface area contributed by atoms with E-state index in [-0.39, 0.29) is 6.04 Å². The van der Waals surface area contributed by atoms with Crippen LogP contribution in [0.1, 0.15) is 30.4 Å². The van der Waals surface area contributed by atoms with E-state index in [1.54, 1.807) is 0 Å². The summed E-state index contributed by atoms with van der Waals surface area (Å²) in [6.45, 7) is 2.64. The minimum absolute atomic E-state index is 0.0593. The van der Waals surface area contributed by atoms with Crippen LogP contribution in [0.3, 0.4) is 0 Å². The maximum atomic E-state index is 12.4. The van der Waals surface area contributed by atoms with E-state index in [4.69, 9.17) is 0 Å². The van der Waals surface area contributed by atoms with Crippen molar-refractivity contribution in [2.45, 2.75) is 38.3 Å². The van der Waals surface area contributed by atoms with E-state index in [0.29, 0.717) is 5.91 Å². The molecule has 96 valence electrons. The number of fused-ring (bicyclic) bond motifs is 1. The van der Waals surface area contributed by atoms with Crippen LogP contribution in [0.25, 0.3) is 0 Å². The van der Waals surface area contributed by atoms with Crippen molar-refractivity contribution in [1.82, 2.24) is 10.2 Å². The van der Waals surface area contributed by atoms with E-state index in [9.17, 15) is 4.79 Å². The molecule has 0 unspecified atom stereocenters. The molecular formula is C15H20N2O. The van der Waals surface area contributed by atoms with E-state index in [1.807, 2.05) is 4.90 Å². The van der Waals surface area contributed by atoms with Crippen molar-refractivity contribution in [2.75, 3.05) is 13.1 Å². The van der Waals surface area contributed by atoms with Gasteiger partial charge < -0.3 is 10.2 Å². The third-order valence-corrected chi connectivity index (χ3v) is 4.05. The van der Waals surface area contributed by atoms with Gasteiger partial charge in [-0.1, -0.05) is 30.7 Å². The number of piperidine rings is 1. The number of nitrogens with zero attached hydrogens (tertiary/aromatic N) is 1. The van der Waals surface area contributed by atoms with Gasteiger partial charge in [0.05, 0.1) is 6.04 Å². The second kappa shape index (κ2) is 5.11. The molecule has 0 bridgehead atoms. The largest absolute Gasteiger partial charge is 0.337 e. The van der Waals surface area contributed by atoms with Crippen LogP contribution in [0.4, 0.5) is 0 Å². The first kappa shape index (κ1) is 11.7. The lowest BCUT2D eigenvalue weighted by atomic mass is 9.98. The van der Waals surface area contributed by atoms with Crippen LogP contribution in [0, 0.1) is 0 Å². The lowest BCUT2D eigenvalue weighted by Gasteiger charge is -2.33. The SMILES string of the molecule is O=C([C@H]1CCCCN1)N1CCc2ccccc2C1. The number of hydrogen-bond acceptors (Lipinski definition) is 2. The number of nitrogens with one attached hydrogen (secondary N) is 1. The van der Waals surface area contributed by atoms with Gasteiger partial charge >= 0.3 is 0 Å². The average molecular weight is 244 g/mol. The summed E-state index contributed by atoms with van der Waals surface area (Å²) in [4.78, 5) is 14.4. The summed E-state index contributed by atoms with van der Waals surface area (Å²) in [6, 6.07) is 8.52. The van der Waals surface area contributed by atoms with Crippen LogP contribution in [0.2, 0.25) is 0 Å². The Labute approximate surface area is 108 Å². The summed E-state index contributed by atoms with van der Waals surface area (Å²) in [5, 5.41) is 3.35. The molecule has 2 aliphatic rings. The Hall–Kier alpha value is -1.35. The zero-order valence-electron chi connectivity index (χ0n) is 10.7. The highest BCUT2D eigenvalue weighted by Gasteiger charge is 2.27. The van der Waals surface area contributed by atoms with Gasteiger partial charge in [-0.15, -0.1) is 0 Å². The first-order valence-corrected chi connectivity index (χ1v) is 6.93. The molecule has 2 heterocycles. The predicted octanol–water partition coefficient (Wildman–Crippen LogP) is 1.71. The topological polar surface area (TPSA) is 32.3 Å². The van der Waals surface area contributed by atoms with Gasteiger partial charge in [-0.2, -0.15) is 0 Å². The van der Waals surface area contributed by atoms with E-state index >= 15 is 0 Å². The summed E-state index contributed by atoms with van der Waals surface area (Å²) in [7, 11) is 0. The third-order valence-electron chi connectivity index (χ3n) is 4.05. The van der Waals surface area contributed by atoms with E-state index in [0.717, 1.165) is 32.5 Å². The van der Waals surface area contributed by atoms with Crippen molar-refractivity contribution in [3.63, 3.8) is 0 Å². The molecule has 1 atom stereocenters. The Morgan fingerprint density at radius 2 is 2.06 bits per heavy atom. The number of carbonyl (C=O) groups excluding carboxylic acids is 1. The third kappa shape index (κ3) is 2.27. The fourth-order valence-electron chi connectivity index (χ4n) is 2.97. The quantitative estimate of drug-likeness (QED) is 0.815. The van der Waals surface area contributed by atoms with Crippen LogP contribution in [0.15, 0.2) is 24.3 Å². The molecule has 1 N–H and O–H groups in total. The Balaban J connectivity index is 1.69. The molecule has 18 heavy (non-hydrogen) atoms. The normalized spacial score (nSPS) is 23.6. The smallest absolute Gasteiger partial charge is 0.240 e. The average Bonchev–Trinajstić information content (AvgIpc) is 2.47. The van der Waals surface area contributed by atoms with E-state index in [1.165, 1.54) is 24.0 Å². The van der Waals surface area contributed by atoms with Gasteiger partial charge in [0.25, 0.3) is 0 Å². The van der Waals surface area contributed by atoms with Gasteiger partial charge in [-0.05, 0) is 36.9 Å². The van der Waals surface area contributed by atoms with Gasteiger partial charge in [-0.25, -0.2) is 0 Å². The van der Waals surface area contributed by atoms with E-state index < -0.39 is 0 Å². The minimum atomic E-state index is 0.0593. The van der Waals surface area contributed by atoms with Crippen molar-refractivity contribution in [3.8, 4) is 0 Å². The Morgan fingerprint density at radius 1 is 1.22 bits per heavy atom. The molecule has 0 saturated carbocycles. The summed E-state index contributed by atoms with van der Waals surface area (Å²) < 4.78 is 0. The van der Waals surface area contributed by atoms with Gasteiger partial charge in [0.2, 0.25) is 5.91 Å². The molecule has 3 heteroatoms. The molecule has 1 amide bonds. The monoisotopic (exact) mass is 244 g/mol. The molecule has 3 nitrogen and oxygen atoms in total. The lowest BCUT2D eigenvalue weighted by Crippen LogP contribution is -2.49. The Bertz CT molecular complexity index is 438. The van der Waals surface area contributed by atoms with Gasteiger partial charge in [-0.3, -0.25) is 4.79 Å². The Morgan fingerprint density at radius 3 is 2.83 bits per heavy atom. The standard InChI is InChI=1S/C15H20N2O/c18-15(14-7-3-4-9-16-14)17-10-8-12-5-1-2-6-13(12)11-17/h1-2,5-6,14,16H,3-4,7-11H2/t14-/m1/s1. The molecule has 1 fully saturated rings. The van der Waals surface area contributed by atoms with Crippen molar-refractivity contribution in [3.05, 3.63) is 35.4 Å². The van der Waals surface area contributed by atoms with Crippen LogP contribution >= 0.6 is 0 Å². The van der Waals surface area contributed by atoms with Crippen LogP contribution in [0.5, 0.6) is 0 Å². The number of amides is 1. The molecule has 0 spiro atoms. The van der Waals surface area contributed by atoms with Gasteiger partial charge in [0, 0.05) is 13.1 Å². The molecule has 0 radical (unpaired) electrons. The van der Waals surface area contributed by atoms with Crippen molar-refractivity contribution < 1.29 is 4.79 Å². The van der Waals surface area contributed by atoms with Gasteiger partial charge in [0.15, 0.2) is 0 Å². The predicted molar refractivity (Wildman–Crippen MR) is 71.2 cm³/mol. The molecule has 0 aromatic heterocycles. The molecule has 3 rings (SSSR count). The molecular weight excluding hydrogens is 224 g/mol. The number of rotatable bonds is 1. The molecule has 1 aromatic carbocycles. The fraction of sp³-hybridized carbons (Fsp3) is 0.533. The fourth-order valence-corrected chi connectivity index (χ4v) is 2.97. The highest BCUT2D eigenvalue weighted by molar-refractivity contribution is 5.82. The van der Waals surface area contributed by atoms with Crippen LogP contribution in [-0.4, -0.2) is 29.9 Å².